The molecular formula is C48H91NO6S. The Bertz CT molecular complexity index is 1040. The molecule has 0 fully saturated rings. The van der Waals surface area contributed by atoms with E-state index in [-0.39, 0.29) is 6.42 Å². The maximum Gasteiger partial charge on any atom is 0.267 e. The predicted octanol–water partition coefficient (Wildman–Crippen LogP) is 13.4. The highest BCUT2D eigenvalue weighted by Crippen LogP contribution is 2.15. The number of carbonyl (C=O) groups excluding carboxylic acids is 1. The Hall–Kier alpha value is -1.48. The minimum absolute atomic E-state index is 0.268. The fraction of sp³-hybridized carbons (Fsp3) is 0.854. The molecule has 330 valence electrons. The predicted molar refractivity (Wildman–Crippen MR) is 241 cm³/mol. The molecule has 8 heteroatoms. The number of carbonyl (C=O) groups is 1. The zero-order valence-corrected chi connectivity index (χ0v) is 37.4. The zero-order valence-electron chi connectivity index (χ0n) is 36.6. The standard InChI is InChI=1S/C48H91NO6S/c1-3-5-7-9-11-13-15-17-19-21-23-25-26-28-30-32-34-36-38-40-42-46(50)45(44-56(53,54)55)49-48(52)47(51)43-41-39-37-35-33-31-29-27-24-22-20-18-16-14-12-10-8-6-4-2/h24,27,32,34,40,42,45-47,50-51H,3-23,25-26,28-31,33,35-39,41,43-44H2,1-2H3,(H,49,52)(H,53,54,55)/b27-24-,34-32+,42-40+. The lowest BCUT2D eigenvalue weighted by atomic mass is 10.0. The normalized spacial score (nSPS) is 14.0. The molecular weight excluding hydrogens is 719 g/mol. The van der Waals surface area contributed by atoms with Crippen molar-refractivity contribution in [3.8, 4) is 0 Å². The summed E-state index contributed by atoms with van der Waals surface area (Å²) >= 11 is 0. The summed E-state index contributed by atoms with van der Waals surface area (Å²) in [6.07, 6.45) is 52.1. The lowest BCUT2D eigenvalue weighted by Crippen LogP contribution is -2.50. The van der Waals surface area contributed by atoms with E-state index in [2.05, 4.69) is 43.5 Å². The number of unbranched alkanes of at least 4 members (excludes halogenated alkanes) is 30. The lowest BCUT2D eigenvalue weighted by molar-refractivity contribution is -0.130. The average molecular weight is 810 g/mol. The van der Waals surface area contributed by atoms with Crippen LogP contribution >= 0.6 is 0 Å². The maximum absolute atomic E-state index is 12.6. The van der Waals surface area contributed by atoms with Crippen molar-refractivity contribution in [3.05, 3.63) is 36.5 Å². The van der Waals surface area contributed by atoms with E-state index in [1.54, 1.807) is 6.08 Å². The van der Waals surface area contributed by atoms with Gasteiger partial charge in [0.2, 0.25) is 5.91 Å². The fourth-order valence-corrected chi connectivity index (χ4v) is 7.97. The van der Waals surface area contributed by atoms with Crippen LogP contribution in [-0.2, 0) is 14.9 Å². The zero-order chi connectivity index (χ0) is 41.2. The number of hydrogen-bond donors (Lipinski definition) is 4. The van der Waals surface area contributed by atoms with E-state index < -0.39 is 40.0 Å². The number of allylic oxidation sites excluding steroid dienone is 5. The molecule has 4 N–H and O–H groups in total. The van der Waals surface area contributed by atoms with Gasteiger partial charge in [0.15, 0.2) is 0 Å². The molecule has 0 saturated carbocycles. The average Bonchev–Trinajstić information content (AvgIpc) is 3.17. The van der Waals surface area contributed by atoms with Crippen LogP contribution < -0.4 is 5.32 Å². The first-order valence-electron chi connectivity index (χ1n) is 23.8. The molecule has 7 nitrogen and oxygen atoms in total. The fourth-order valence-electron chi connectivity index (χ4n) is 7.23. The third-order valence-corrected chi connectivity index (χ3v) is 11.7. The van der Waals surface area contributed by atoms with Gasteiger partial charge in [-0.05, 0) is 57.8 Å². The minimum Gasteiger partial charge on any atom is -0.387 e. The first-order chi connectivity index (χ1) is 27.2. The highest BCUT2D eigenvalue weighted by atomic mass is 32.2. The van der Waals surface area contributed by atoms with Gasteiger partial charge in [-0.2, -0.15) is 8.42 Å². The number of nitrogens with one attached hydrogen (secondary N) is 1. The van der Waals surface area contributed by atoms with Crippen LogP contribution in [0.3, 0.4) is 0 Å². The molecule has 0 heterocycles. The molecule has 0 aromatic rings. The Morgan fingerprint density at radius 3 is 1.18 bits per heavy atom. The van der Waals surface area contributed by atoms with E-state index in [0.29, 0.717) is 12.8 Å². The first kappa shape index (κ1) is 54.5. The van der Waals surface area contributed by atoms with Gasteiger partial charge in [0.05, 0.1) is 17.9 Å². The van der Waals surface area contributed by atoms with E-state index in [1.807, 2.05) is 0 Å². The van der Waals surface area contributed by atoms with Gasteiger partial charge < -0.3 is 15.5 Å². The van der Waals surface area contributed by atoms with Gasteiger partial charge >= 0.3 is 0 Å². The minimum atomic E-state index is -4.46. The highest BCUT2D eigenvalue weighted by molar-refractivity contribution is 7.85. The van der Waals surface area contributed by atoms with Gasteiger partial charge in [-0.25, -0.2) is 0 Å². The second-order valence-corrected chi connectivity index (χ2v) is 18.0. The van der Waals surface area contributed by atoms with Crippen molar-refractivity contribution >= 4 is 16.0 Å². The van der Waals surface area contributed by atoms with Crippen molar-refractivity contribution in [2.24, 2.45) is 0 Å². The number of aliphatic hydroxyl groups excluding tert-OH is 2. The van der Waals surface area contributed by atoms with Gasteiger partial charge in [-0.15, -0.1) is 0 Å². The van der Waals surface area contributed by atoms with E-state index in [0.717, 1.165) is 38.5 Å². The number of rotatable bonds is 43. The van der Waals surface area contributed by atoms with Crippen LogP contribution in [0.15, 0.2) is 36.5 Å². The largest absolute Gasteiger partial charge is 0.387 e. The van der Waals surface area contributed by atoms with Crippen LogP contribution in [0.25, 0.3) is 0 Å². The Morgan fingerprint density at radius 1 is 0.482 bits per heavy atom. The molecule has 0 aliphatic heterocycles. The SMILES string of the molecule is CCCCCCCCCCC/C=C\CCCCCCCCC(O)C(=O)NC(CS(=O)(=O)O)C(O)/C=C/CC/C=C/CCCCCCCCCCCCCCCC. The molecule has 0 bridgehead atoms. The van der Waals surface area contributed by atoms with Crippen molar-refractivity contribution in [3.63, 3.8) is 0 Å². The summed E-state index contributed by atoms with van der Waals surface area (Å²) in [5, 5.41) is 23.5. The Balaban J connectivity index is 4.00. The Labute approximate surface area is 347 Å². The van der Waals surface area contributed by atoms with Crippen molar-refractivity contribution in [1.82, 2.24) is 5.32 Å². The number of hydrogen-bond acceptors (Lipinski definition) is 5. The maximum atomic E-state index is 12.6. The van der Waals surface area contributed by atoms with Gasteiger partial charge in [-0.1, -0.05) is 217 Å². The smallest absolute Gasteiger partial charge is 0.267 e. The topological polar surface area (TPSA) is 124 Å². The number of amides is 1. The summed E-state index contributed by atoms with van der Waals surface area (Å²) < 4.78 is 32.6. The second-order valence-electron chi connectivity index (χ2n) is 16.5. The molecule has 0 aliphatic rings. The van der Waals surface area contributed by atoms with Crippen molar-refractivity contribution in [1.29, 1.82) is 0 Å². The van der Waals surface area contributed by atoms with Crippen molar-refractivity contribution < 1.29 is 28.0 Å². The molecule has 0 saturated heterocycles. The van der Waals surface area contributed by atoms with Crippen LogP contribution in [0.2, 0.25) is 0 Å². The van der Waals surface area contributed by atoms with Gasteiger partial charge in [0.1, 0.15) is 6.10 Å². The molecule has 0 radical (unpaired) electrons. The summed E-state index contributed by atoms with van der Waals surface area (Å²) in [4.78, 5) is 12.6. The van der Waals surface area contributed by atoms with Gasteiger partial charge in [0, 0.05) is 0 Å². The van der Waals surface area contributed by atoms with E-state index >= 15 is 0 Å². The molecule has 0 aliphatic carbocycles. The Kier molecular flexibility index (Phi) is 40.6. The molecule has 0 spiro atoms. The molecule has 56 heavy (non-hydrogen) atoms. The van der Waals surface area contributed by atoms with E-state index in [4.69, 9.17) is 0 Å². The van der Waals surface area contributed by atoms with Gasteiger partial charge in [0.25, 0.3) is 10.1 Å². The summed E-state index contributed by atoms with van der Waals surface area (Å²) in [6, 6.07) is -1.25. The summed E-state index contributed by atoms with van der Waals surface area (Å²) in [5.74, 6) is -1.56. The monoisotopic (exact) mass is 810 g/mol. The van der Waals surface area contributed by atoms with Crippen LogP contribution in [0.5, 0.6) is 0 Å². The number of aliphatic hydroxyl groups is 2. The van der Waals surface area contributed by atoms with E-state index in [9.17, 15) is 28.0 Å². The summed E-state index contributed by atoms with van der Waals surface area (Å²) in [7, 11) is -4.46. The highest BCUT2D eigenvalue weighted by Gasteiger charge is 2.27. The van der Waals surface area contributed by atoms with Crippen LogP contribution in [0, 0.1) is 0 Å². The van der Waals surface area contributed by atoms with Crippen LogP contribution in [0.4, 0.5) is 0 Å². The Morgan fingerprint density at radius 2 is 0.804 bits per heavy atom. The van der Waals surface area contributed by atoms with E-state index in [1.165, 1.54) is 173 Å². The second kappa shape index (κ2) is 41.7. The molecule has 0 rings (SSSR count). The molecule has 3 atom stereocenters. The van der Waals surface area contributed by atoms with Crippen LogP contribution in [-0.4, -0.2) is 53.1 Å². The summed E-state index contributed by atoms with van der Waals surface area (Å²) in [5.41, 5.74) is 0. The lowest BCUT2D eigenvalue weighted by Gasteiger charge is -2.22. The summed E-state index contributed by atoms with van der Waals surface area (Å²) in [6.45, 7) is 4.53. The molecule has 0 aromatic heterocycles. The third-order valence-electron chi connectivity index (χ3n) is 10.9. The van der Waals surface area contributed by atoms with Gasteiger partial charge in [-0.3, -0.25) is 9.35 Å². The van der Waals surface area contributed by atoms with Crippen molar-refractivity contribution in [2.45, 2.75) is 257 Å². The molecule has 0 aromatic carbocycles. The molecule has 3 unspecified atom stereocenters. The van der Waals surface area contributed by atoms with Crippen LogP contribution in [0.1, 0.15) is 239 Å². The quantitative estimate of drug-likeness (QED) is 0.0276. The molecule has 1 amide bonds. The van der Waals surface area contributed by atoms with Crippen molar-refractivity contribution in [2.75, 3.05) is 5.75 Å². The third kappa shape index (κ3) is 40.7. The first-order valence-corrected chi connectivity index (χ1v) is 25.4.